The van der Waals surface area contributed by atoms with E-state index in [9.17, 15) is 4.79 Å². The molecule has 0 N–H and O–H groups in total. The minimum atomic E-state index is 0.0694. The molecule has 5 heteroatoms. The Kier molecular flexibility index (Phi) is 7.08. The Bertz CT molecular complexity index is 591. The van der Waals surface area contributed by atoms with Gasteiger partial charge in [-0.3, -0.25) is 4.79 Å². The summed E-state index contributed by atoms with van der Waals surface area (Å²) in [6.07, 6.45) is 13.6. The second kappa shape index (κ2) is 9.93. The summed E-state index contributed by atoms with van der Waals surface area (Å²) >= 11 is 0. The maximum absolute atomic E-state index is 13.1. The van der Waals surface area contributed by atoms with Crippen molar-refractivity contribution < 1.29 is 9.21 Å². The van der Waals surface area contributed by atoms with Gasteiger partial charge in [0.2, 0.25) is 0 Å². The Morgan fingerprint density at radius 1 is 1.04 bits per heavy atom. The molecule has 2 saturated heterocycles. The first-order chi connectivity index (χ1) is 13.8. The molecule has 0 bridgehead atoms. The normalized spacial score (nSPS) is 25.2. The lowest BCUT2D eigenvalue weighted by atomic mass is 9.95. The lowest BCUT2D eigenvalue weighted by Crippen LogP contribution is -2.47. The Morgan fingerprint density at radius 3 is 2.61 bits per heavy atom. The number of hydrogen-bond donors (Lipinski definition) is 0. The van der Waals surface area contributed by atoms with Gasteiger partial charge in [0.1, 0.15) is 0 Å². The van der Waals surface area contributed by atoms with Crippen molar-refractivity contribution in [3.63, 3.8) is 0 Å². The summed E-state index contributed by atoms with van der Waals surface area (Å²) in [6, 6.07) is 4.42. The Morgan fingerprint density at radius 2 is 1.86 bits per heavy atom. The van der Waals surface area contributed by atoms with Gasteiger partial charge in [0.25, 0.3) is 5.91 Å². The van der Waals surface area contributed by atoms with Crippen molar-refractivity contribution in [1.29, 1.82) is 0 Å². The number of nitrogens with zero attached hydrogens (tertiary/aromatic N) is 3. The van der Waals surface area contributed by atoms with Gasteiger partial charge >= 0.3 is 0 Å². The smallest absolute Gasteiger partial charge is 0.289 e. The van der Waals surface area contributed by atoms with E-state index < -0.39 is 0 Å². The van der Waals surface area contributed by atoms with Crippen molar-refractivity contribution in [2.45, 2.75) is 63.8 Å². The molecule has 1 saturated carbocycles. The molecule has 4 rings (SSSR count). The van der Waals surface area contributed by atoms with Crippen molar-refractivity contribution in [2.24, 2.45) is 5.92 Å². The molecule has 3 heterocycles. The van der Waals surface area contributed by atoms with E-state index in [1.54, 1.807) is 6.26 Å². The van der Waals surface area contributed by atoms with Crippen molar-refractivity contribution in [3.05, 3.63) is 24.2 Å². The quantitative estimate of drug-likeness (QED) is 0.712. The first-order valence-corrected chi connectivity index (χ1v) is 11.6. The van der Waals surface area contributed by atoms with Crippen molar-refractivity contribution >= 4 is 5.91 Å². The summed E-state index contributed by atoms with van der Waals surface area (Å²) in [6.45, 7) is 7.46. The molecule has 1 aromatic heterocycles. The highest BCUT2D eigenvalue weighted by Crippen LogP contribution is 2.28. The molecular weight excluding hydrogens is 350 g/mol. The van der Waals surface area contributed by atoms with Crippen LogP contribution in [0, 0.1) is 5.92 Å². The molecule has 0 spiro atoms. The van der Waals surface area contributed by atoms with Crippen LogP contribution in [0.2, 0.25) is 0 Å². The highest BCUT2D eigenvalue weighted by atomic mass is 16.3. The predicted molar refractivity (Wildman–Crippen MR) is 111 cm³/mol. The fourth-order valence-corrected chi connectivity index (χ4v) is 5.44. The number of likely N-dealkylation sites (tertiary alicyclic amines) is 2. The van der Waals surface area contributed by atoms with E-state index in [2.05, 4.69) is 14.7 Å². The third-order valence-corrected chi connectivity index (χ3v) is 7.02. The molecule has 28 heavy (non-hydrogen) atoms. The number of rotatable bonds is 7. The van der Waals surface area contributed by atoms with Gasteiger partial charge in [0.05, 0.1) is 6.26 Å². The summed E-state index contributed by atoms with van der Waals surface area (Å²) in [7, 11) is 0. The van der Waals surface area contributed by atoms with Crippen LogP contribution in [0.5, 0.6) is 0 Å². The van der Waals surface area contributed by atoms with Crippen LogP contribution < -0.4 is 0 Å². The standard InChI is InChI=1S/C23H37N3O2/c27-23(22-11-7-17-28-22)26(16-15-24-12-4-1-5-13-24)19-20-8-6-14-25(18-20)21-9-2-3-10-21/h7,11,17,20-21H,1-6,8-10,12-16,18-19H2/t20-/m0/s1. The number of furan rings is 1. The van der Waals surface area contributed by atoms with Gasteiger partial charge < -0.3 is 19.1 Å². The highest BCUT2D eigenvalue weighted by molar-refractivity contribution is 5.91. The molecule has 1 atom stereocenters. The van der Waals surface area contributed by atoms with Crippen LogP contribution in [0.3, 0.4) is 0 Å². The van der Waals surface area contributed by atoms with Crippen LogP contribution in [0.25, 0.3) is 0 Å². The molecule has 1 aliphatic carbocycles. The first-order valence-electron chi connectivity index (χ1n) is 11.6. The van der Waals surface area contributed by atoms with Crippen LogP contribution in [-0.2, 0) is 0 Å². The Hall–Kier alpha value is -1.33. The van der Waals surface area contributed by atoms with Crippen LogP contribution in [0.15, 0.2) is 22.8 Å². The summed E-state index contributed by atoms with van der Waals surface area (Å²) in [5.74, 6) is 1.15. The molecule has 5 nitrogen and oxygen atoms in total. The summed E-state index contributed by atoms with van der Waals surface area (Å²) in [4.78, 5) is 20.4. The minimum Gasteiger partial charge on any atom is -0.459 e. The number of hydrogen-bond acceptors (Lipinski definition) is 4. The topological polar surface area (TPSA) is 39.9 Å². The lowest BCUT2D eigenvalue weighted by molar-refractivity contribution is 0.0582. The third-order valence-electron chi connectivity index (χ3n) is 7.02. The Labute approximate surface area is 170 Å². The van der Waals surface area contributed by atoms with Crippen LogP contribution >= 0.6 is 0 Å². The number of piperidine rings is 2. The van der Waals surface area contributed by atoms with Crippen molar-refractivity contribution in [1.82, 2.24) is 14.7 Å². The fraction of sp³-hybridized carbons (Fsp3) is 0.783. The molecule has 3 aliphatic rings. The van der Waals surface area contributed by atoms with Crippen molar-refractivity contribution in [3.8, 4) is 0 Å². The molecule has 0 radical (unpaired) electrons. The van der Waals surface area contributed by atoms with E-state index in [1.165, 1.54) is 77.4 Å². The monoisotopic (exact) mass is 387 g/mol. The predicted octanol–water partition coefficient (Wildman–Crippen LogP) is 3.86. The minimum absolute atomic E-state index is 0.0694. The zero-order valence-corrected chi connectivity index (χ0v) is 17.4. The van der Waals surface area contributed by atoms with Gasteiger partial charge in [-0.2, -0.15) is 0 Å². The van der Waals surface area contributed by atoms with E-state index in [1.807, 2.05) is 12.1 Å². The van der Waals surface area contributed by atoms with Crippen LogP contribution in [0.1, 0.15) is 68.3 Å². The summed E-state index contributed by atoms with van der Waals surface area (Å²) < 4.78 is 5.44. The average molecular weight is 388 g/mol. The highest BCUT2D eigenvalue weighted by Gasteiger charge is 2.30. The van der Waals surface area contributed by atoms with E-state index in [4.69, 9.17) is 4.42 Å². The van der Waals surface area contributed by atoms with Crippen LogP contribution in [-0.4, -0.2) is 72.5 Å². The van der Waals surface area contributed by atoms with Crippen LogP contribution in [0.4, 0.5) is 0 Å². The maximum Gasteiger partial charge on any atom is 0.289 e. The SMILES string of the molecule is O=C(c1ccco1)N(CCN1CCCCC1)C[C@H]1CCCN(C2CCCC2)C1. The van der Waals surface area contributed by atoms with E-state index in [-0.39, 0.29) is 5.91 Å². The van der Waals surface area contributed by atoms with E-state index >= 15 is 0 Å². The molecule has 1 amide bonds. The Balaban J connectivity index is 1.36. The first kappa shape index (κ1) is 20.0. The lowest BCUT2D eigenvalue weighted by Gasteiger charge is -2.39. The molecule has 3 fully saturated rings. The van der Waals surface area contributed by atoms with Gasteiger partial charge in [-0.05, 0) is 76.2 Å². The zero-order valence-electron chi connectivity index (χ0n) is 17.4. The van der Waals surface area contributed by atoms with E-state index in [0.717, 1.165) is 32.2 Å². The average Bonchev–Trinajstić information content (AvgIpc) is 3.46. The zero-order chi connectivity index (χ0) is 19.2. The number of carbonyl (C=O) groups is 1. The molecule has 0 unspecified atom stereocenters. The number of carbonyl (C=O) groups excluding carboxylic acids is 1. The largest absolute Gasteiger partial charge is 0.459 e. The molecule has 2 aliphatic heterocycles. The van der Waals surface area contributed by atoms with Gasteiger partial charge in [-0.25, -0.2) is 0 Å². The molecule has 0 aromatic carbocycles. The second-order valence-electron chi connectivity index (χ2n) is 9.07. The van der Waals surface area contributed by atoms with Gasteiger partial charge in [-0.1, -0.05) is 19.3 Å². The second-order valence-corrected chi connectivity index (χ2v) is 9.07. The van der Waals surface area contributed by atoms with Gasteiger partial charge in [-0.15, -0.1) is 0 Å². The van der Waals surface area contributed by atoms with Gasteiger partial charge in [0, 0.05) is 32.2 Å². The number of amides is 1. The third kappa shape index (κ3) is 5.18. The van der Waals surface area contributed by atoms with E-state index in [0.29, 0.717) is 11.7 Å². The summed E-state index contributed by atoms with van der Waals surface area (Å²) in [5, 5.41) is 0. The molecular formula is C23H37N3O2. The molecule has 156 valence electrons. The molecule has 1 aromatic rings. The van der Waals surface area contributed by atoms with Gasteiger partial charge in [0.15, 0.2) is 5.76 Å². The van der Waals surface area contributed by atoms with Crippen molar-refractivity contribution in [2.75, 3.05) is 45.8 Å². The maximum atomic E-state index is 13.1. The summed E-state index contributed by atoms with van der Waals surface area (Å²) in [5.41, 5.74) is 0. The fourth-order valence-electron chi connectivity index (χ4n) is 5.44.